The highest BCUT2D eigenvalue weighted by molar-refractivity contribution is 6.09. The van der Waals surface area contributed by atoms with Crippen molar-refractivity contribution < 1.29 is 19.2 Å². The van der Waals surface area contributed by atoms with Gasteiger partial charge in [-0.05, 0) is 18.6 Å². The number of hydrogen-bond acceptors (Lipinski definition) is 5. The molecule has 2 aliphatic rings. The van der Waals surface area contributed by atoms with E-state index in [9.17, 15) is 14.4 Å². The van der Waals surface area contributed by atoms with Crippen LogP contribution in [0.2, 0.25) is 0 Å². The molecule has 132 valence electrons. The monoisotopic (exact) mass is 344 g/mol. The zero-order valence-corrected chi connectivity index (χ0v) is 13.9. The number of imide groups is 1. The molecule has 0 spiro atoms. The molecular formula is C17H20N4O4. The normalized spacial score (nSPS) is 20.0. The van der Waals surface area contributed by atoms with Gasteiger partial charge in [0.2, 0.25) is 5.91 Å². The third-order valence-corrected chi connectivity index (χ3v) is 4.19. The van der Waals surface area contributed by atoms with Crippen molar-refractivity contribution in [2.75, 3.05) is 18.0 Å². The first-order valence-corrected chi connectivity index (χ1v) is 8.28. The molecule has 3 rings (SSSR count). The summed E-state index contributed by atoms with van der Waals surface area (Å²) in [7, 11) is 0. The Morgan fingerprint density at radius 2 is 2.20 bits per heavy atom. The fourth-order valence-electron chi connectivity index (χ4n) is 2.80. The van der Waals surface area contributed by atoms with Crippen LogP contribution in [0.1, 0.15) is 36.5 Å². The quantitative estimate of drug-likeness (QED) is 0.843. The number of para-hydroxylation sites is 1. The molecule has 1 atom stereocenters. The summed E-state index contributed by atoms with van der Waals surface area (Å²) >= 11 is 0. The number of urea groups is 1. The summed E-state index contributed by atoms with van der Waals surface area (Å²) in [5.41, 5.74) is 1.83. The maximum Gasteiger partial charge on any atom is 0.328 e. The minimum Gasteiger partial charge on any atom is -0.390 e. The molecule has 0 radical (unpaired) electrons. The molecule has 8 nitrogen and oxygen atoms in total. The molecule has 2 aliphatic heterocycles. The van der Waals surface area contributed by atoms with Gasteiger partial charge in [-0.3, -0.25) is 19.8 Å². The highest BCUT2D eigenvalue weighted by Gasteiger charge is 2.28. The van der Waals surface area contributed by atoms with Crippen molar-refractivity contribution in [3.05, 3.63) is 29.8 Å². The van der Waals surface area contributed by atoms with Crippen molar-refractivity contribution in [1.82, 2.24) is 10.6 Å². The second-order valence-corrected chi connectivity index (χ2v) is 5.92. The Kier molecular flexibility index (Phi) is 4.97. The van der Waals surface area contributed by atoms with Crippen LogP contribution in [0.5, 0.6) is 0 Å². The number of amides is 4. The number of nitrogens with one attached hydrogen (secondary N) is 2. The molecule has 25 heavy (non-hydrogen) atoms. The number of benzene rings is 1. The van der Waals surface area contributed by atoms with Crippen molar-refractivity contribution in [3.8, 4) is 0 Å². The lowest BCUT2D eigenvalue weighted by atomic mass is 10.1. The first-order chi connectivity index (χ1) is 12.1. The third-order valence-electron chi connectivity index (χ3n) is 4.19. The maximum atomic E-state index is 12.6. The lowest BCUT2D eigenvalue weighted by molar-refractivity contribution is -0.120. The molecule has 1 aromatic rings. The van der Waals surface area contributed by atoms with Crippen molar-refractivity contribution in [2.24, 2.45) is 5.16 Å². The zero-order valence-electron chi connectivity index (χ0n) is 13.9. The Balaban J connectivity index is 1.67. The van der Waals surface area contributed by atoms with Gasteiger partial charge in [0, 0.05) is 19.4 Å². The van der Waals surface area contributed by atoms with E-state index in [0.717, 1.165) is 12.1 Å². The summed E-state index contributed by atoms with van der Waals surface area (Å²) in [4.78, 5) is 42.6. The van der Waals surface area contributed by atoms with E-state index in [1.807, 2.05) is 6.92 Å². The van der Waals surface area contributed by atoms with E-state index in [-0.39, 0.29) is 30.9 Å². The second kappa shape index (κ2) is 7.33. The predicted octanol–water partition coefficient (Wildman–Crippen LogP) is 1.42. The van der Waals surface area contributed by atoms with E-state index < -0.39 is 6.03 Å². The zero-order chi connectivity index (χ0) is 17.8. The van der Waals surface area contributed by atoms with E-state index in [4.69, 9.17) is 4.84 Å². The van der Waals surface area contributed by atoms with Crippen LogP contribution < -0.4 is 15.5 Å². The van der Waals surface area contributed by atoms with Crippen LogP contribution in [-0.2, 0) is 9.63 Å². The largest absolute Gasteiger partial charge is 0.390 e. The van der Waals surface area contributed by atoms with Gasteiger partial charge in [-0.1, -0.05) is 24.2 Å². The summed E-state index contributed by atoms with van der Waals surface area (Å²) in [5, 5.41) is 9.06. The van der Waals surface area contributed by atoms with Crippen molar-refractivity contribution in [2.45, 2.75) is 32.3 Å². The molecule has 2 heterocycles. The number of hydrogen-bond donors (Lipinski definition) is 2. The second-order valence-electron chi connectivity index (χ2n) is 5.92. The minimum atomic E-state index is -0.517. The number of rotatable bonds is 5. The Bertz CT molecular complexity index is 731. The lowest BCUT2D eigenvalue weighted by Gasteiger charge is -2.28. The van der Waals surface area contributed by atoms with Crippen LogP contribution in [0, 0.1) is 0 Å². The molecule has 1 saturated heterocycles. The van der Waals surface area contributed by atoms with Gasteiger partial charge in [0.25, 0.3) is 5.91 Å². The van der Waals surface area contributed by atoms with Crippen molar-refractivity contribution in [1.29, 1.82) is 0 Å². The standard InChI is InChI=1S/C17H20N4O4/c1-2-11-9-12(25-20-11)10-18-16(23)13-5-3-4-6-14(13)21-8-7-15(22)19-17(21)24/h3-6,12H,2,7-10H2,1H3,(H,18,23)(H,19,22,24). The van der Waals surface area contributed by atoms with Crippen LogP contribution in [-0.4, -0.2) is 42.8 Å². The molecule has 0 bridgehead atoms. The summed E-state index contributed by atoms with van der Waals surface area (Å²) in [6.07, 6.45) is 1.57. The van der Waals surface area contributed by atoms with Gasteiger partial charge in [-0.2, -0.15) is 0 Å². The summed E-state index contributed by atoms with van der Waals surface area (Å²) in [5.74, 6) is -0.609. The summed E-state index contributed by atoms with van der Waals surface area (Å²) < 4.78 is 0. The molecule has 1 fully saturated rings. The average molecular weight is 344 g/mol. The molecule has 4 amide bonds. The van der Waals surface area contributed by atoms with Gasteiger partial charge in [0.1, 0.15) is 6.10 Å². The third kappa shape index (κ3) is 3.78. The van der Waals surface area contributed by atoms with Gasteiger partial charge < -0.3 is 10.2 Å². The number of anilines is 1. The molecule has 8 heteroatoms. The van der Waals surface area contributed by atoms with Gasteiger partial charge >= 0.3 is 6.03 Å². The number of carbonyl (C=O) groups excluding carboxylic acids is 3. The Morgan fingerprint density at radius 3 is 2.92 bits per heavy atom. The SMILES string of the molecule is CCC1=NOC(CNC(=O)c2ccccc2N2CCC(=O)NC2=O)C1. The van der Waals surface area contributed by atoms with Crippen LogP contribution in [0.15, 0.2) is 29.4 Å². The van der Waals surface area contributed by atoms with E-state index in [0.29, 0.717) is 24.2 Å². The van der Waals surface area contributed by atoms with E-state index >= 15 is 0 Å². The van der Waals surface area contributed by atoms with Crippen LogP contribution in [0.4, 0.5) is 10.5 Å². The number of oxime groups is 1. The van der Waals surface area contributed by atoms with Crippen LogP contribution >= 0.6 is 0 Å². The maximum absolute atomic E-state index is 12.6. The van der Waals surface area contributed by atoms with Crippen molar-refractivity contribution >= 4 is 29.2 Å². The van der Waals surface area contributed by atoms with Gasteiger partial charge in [-0.25, -0.2) is 4.79 Å². The average Bonchev–Trinajstić information content (AvgIpc) is 3.08. The van der Waals surface area contributed by atoms with E-state index in [1.54, 1.807) is 24.3 Å². The number of nitrogens with zero attached hydrogens (tertiary/aromatic N) is 2. The van der Waals surface area contributed by atoms with Crippen LogP contribution in [0.3, 0.4) is 0 Å². The van der Waals surface area contributed by atoms with E-state index in [1.165, 1.54) is 4.90 Å². The van der Waals surface area contributed by atoms with E-state index in [2.05, 4.69) is 15.8 Å². The molecule has 0 saturated carbocycles. The van der Waals surface area contributed by atoms with Crippen LogP contribution in [0.25, 0.3) is 0 Å². The van der Waals surface area contributed by atoms with Gasteiger partial charge in [0.15, 0.2) is 0 Å². The fourth-order valence-corrected chi connectivity index (χ4v) is 2.80. The van der Waals surface area contributed by atoms with Gasteiger partial charge in [0.05, 0.1) is 23.5 Å². The summed E-state index contributed by atoms with van der Waals surface area (Å²) in [6, 6.07) is 6.30. The van der Waals surface area contributed by atoms with Crippen molar-refractivity contribution in [3.63, 3.8) is 0 Å². The smallest absolute Gasteiger partial charge is 0.328 e. The number of carbonyl (C=O) groups is 3. The lowest BCUT2D eigenvalue weighted by Crippen LogP contribution is -2.50. The first-order valence-electron chi connectivity index (χ1n) is 8.28. The molecule has 0 aliphatic carbocycles. The topological polar surface area (TPSA) is 100 Å². The highest BCUT2D eigenvalue weighted by atomic mass is 16.6. The molecular weight excluding hydrogens is 324 g/mol. The van der Waals surface area contributed by atoms with Gasteiger partial charge in [-0.15, -0.1) is 0 Å². The Morgan fingerprint density at radius 1 is 1.40 bits per heavy atom. The molecule has 0 aromatic heterocycles. The Labute approximate surface area is 145 Å². The molecule has 2 N–H and O–H groups in total. The summed E-state index contributed by atoms with van der Waals surface area (Å²) in [6.45, 7) is 2.59. The first kappa shape index (κ1) is 16.9. The fraction of sp³-hybridized carbons (Fsp3) is 0.412. The Hall–Kier alpha value is -2.90. The molecule has 1 unspecified atom stereocenters. The molecule has 1 aromatic carbocycles. The highest BCUT2D eigenvalue weighted by Crippen LogP contribution is 2.22. The predicted molar refractivity (Wildman–Crippen MR) is 91.5 cm³/mol. The minimum absolute atomic E-state index is 0.165.